The van der Waals surface area contributed by atoms with E-state index in [0.717, 1.165) is 34.4 Å². The molecule has 0 aliphatic carbocycles. The Bertz CT molecular complexity index is 592. The lowest BCUT2D eigenvalue weighted by atomic mass is 10.1. The molecule has 1 aromatic heterocycles. The molecule has 0 atom stereocenters. The number of furan rings is 1. The summed E-state index contributed by atoms with van der Waals surface area (Å²) in [4.78, 5) is 0. The van der Waals surface area contributed by atoms with Gasteiger partial charge in [-0.05, 0) is 36.8 Å². The van der Waals surface area contributed by atoms with Crippen molar-refractivity contribution in [3.63, 3.8) is 0 Å². The number of hydrogen-bond acceptors (Lipinski definition) is 2. The van der Waals surface area contributed by atoms with E-state index in [4.69, 9.17) is 34.0 Å². The predicted molar refractivity (Wildman–Crippen MR) is 75.7 cm³/mol. The van der Waals surface area contributed by atoms with Gasteiger partial charge in [-0.1, -0.05) is 18.5 Å². The molecule has 1 heterocycles. The number of hydrogen-bond donors (Lipinski definition) is 2. The summed E-state index contributed by atoms with van der Waals surface area (Å²) in [7, 11) is 0. The molecule has 3 N–H and O–H groups in total. The van der Waals surface area contributed by atoms with E-state index in [1.807, 2.05) is 19.9 Å². The molecule has 0 bridgehead atoms. The SMILES string of the molecule is CCc1oc2c(Cl)cc(NC(N)=S)cc2c1C. The maximum atomic E-state index is 6.17. The first kappa shape index (κ1) is 12.2. The molecule has 0 unspecified atom stereocenters. The van der Waals surface area contributed by atoms with Gasteiger partial charge in [0.2, 0.25) is 0 Å². The molecule has 17 heavy (non-hydrogen) atoms. The zero-order valence-corrected chi connectivity index (χ0v) is 11.2. The Morgan fingerprint density at radius 2 is 2.24 bits per heavy atom. The summed E-state index contributed by atoms with van der Waals surface area (Å²) in [5, 5.41) is 4.65. The number of aryl methyl sites for hydroxylation is 2. The fourth-order valence-corrected chi connectivity index (χ4v) is 2.25. The van der Waals surface area contributed by atoms with Crippen LogP contribution in [0.2, 0.25) is 5.02 Å². The van der Waals surface area contributed by atoms with Crippen molar-refractivity contribution in [3.05, 3.63) is 28.5 Å². The van der Waals surface area contributed by atoms with E-state index in [1.54, 1.807) is 6.07 Å². The second-order valence-electron chi connectivity index (χ2n) is 3.83. The van der Waals surface area contributed by atoms with Crippen LogP contribution < -0.4 is 11.1 Å². The van der Waals surface area contributed by atoms with Crippen molar-refractivity contribution in [3.8, 4) is 0 Å². The van der Waals surface area contributed by atoms with Crippen LogP contribution in [0.15, 0.2) is 16.5 Å². The highest BCUT2D eigenvalue weighted by Gasteiger charge is 2.13. The third kappa shape index (κ3) is 2.23. The van der Waals surface area contributed by atoms with Crippen LogP contribution in [0.3, 0.4) is 0 Å². The molecule has 0 spiro atoms. The first-order valence-electron chi connectivity index (χ1n) is 5.31. The molecule has 0 aliphatic heterocycles. The third-order valence-corrected chi connectivity index (χ3v) is 3.06. The molecule has 3 nitrogen and oxygen atoms in total. The molecule has 2 aromatic rings. The highest BCUT2D eigenvalue weighted by Crippen LogP contribution is 2.34. The van der Waals surface area contributed by atoms with Crippen molar-refractivity contribution >= 4 is 45.6 Å². The van der Waals surface area contributed by atoms with Gasteiger partial charge in [-0.25, -0.2) is 0 Å². The molecule has 0 saturated carbocycles. The first-order chi connectivity index (χ1) is 8.02. The van der Waals surface area contributed by atoms with E-state index < -0.39 is 0 Å². The van der Waals surface area contributed by atoms with Gasteiger partial charge in [-0.2, -0.15) is 0 Å². The highest BCUT2D eigenvalue weighted by atomic mass is 35.5. The number of fused-ring (bicyclic) bond motifs is 1. The van der Waals surface area contributed by atoms with Crippen molar-refractivity contribution < 1.29 is 4.42 Å². The molecular formula is C12H13ClN2OS. The third-order valence-electron chi connectivity index (χ3n) is 2.68. The first-order valence-corrected chi connectivity index (χ1v) is 6.09. The molecule has 0 amide bonds. The maximum absolute atomic E-state index is 6.17. The van der Waals surface area contributed by atoms with Gasteiger partial charge in [0.1, 0.15) is 5.76 Å². The Hall–Kier alpha value is -1.26. The standard InChI is InChI=1S/C12H13ClN2OS/c1-3-10-6(2)8-4-7(15-12(14)17)5-9(13)11(8)16-10/h4-5H,3H2,1-2H3,(H3,14,15,17). The lowest BCUT2D eigenvalue weighted by Gasteiger charge is -2.04. The monoisotopic (exact) mass is 268 g/mol. The van der Waals surface area contributed by atoms with Gasteiger partial charge >= 0.3 is 0 Å². The molecule has 5 heteroatoms. The van der Waals surface area contributed by atoms with Crippen LogP contribution in [-0.4, -0.2) is 5.11 Å². The largest absolute Gasteiger partial charge is 0.459 e. The predicted octanol–water partition coefficient (Wildman–Crippen LogP) is 3.61. The topological polar surface area (TPSA) is 51.2 Å². The molecule has 1 aromatic carbocycles. The van der Waals surface area contributed by atoms with Gasteiger partial charge < -0.3 is 15.5 Å². The molecule has 0 radical (unpaired) electrons. The molecule has 0 aliphatic rings. The van der Waals surface area contributed by atoms with E-state index in [1.165, 1.54) is 0 Å². The van der Waals surface area contributed by atoms with E-state index in [2.05, 4.69) is 5.32 Å². The molecule has 90 valence electrons. The maximum Gasteiger partial charge on any atom is 0.168 e. The lowest BCUT2D eigenvalue weighted by Crippen LogP contribution is -2.18. The van der Waals surface area contributed by atoms with Crippen LogP contribution in [0, 0.1) is 6.92 Å². The Labute approximate surface area is 110 Å². The smallest absolute Gasteiger partial charge is 0.168 e. The molecule has 0 fully saturated rings. The number of nitrogens with one attached hydrogen (secondary N) is 1. The van der Waals surface area contributed by atoms with Crippen molar-refractivity contribution in [2.24, 2.45) is 5.73 Å². The average molecular weight is 269 g/mol. The zero-order valence-electron chi connectivity index (χ0n) is 9.63. The van der Waals surface area contributed by atoms with Crippen LogP contribution >= 0.6 is 23.8 Å². The summed E-state index contributed by atoms with van der Waals surface area (Å²) in [6.07, 6.45) is 0.842. The number of halogens is 1. The highest BCUT2D eigenvalue weighted by molar-refractivity contribution is 7.80. The van der Waals surface area contributed by atoms with Crippen molar-refractivity contribution in [1.29, 1.82) is 0 Å². The zero-order chi connectivity index (χ0) is 12.6. The minimum Gasteiger partial charge on any atom is -0.459 e. The minimum atomic E-state index is 0.220. The van der Waals surface area contributed by atoms with Gasteiger partial charge in [0, 0.05) is 17.5 Å². The van der Waals surface area contributed by atoms with E-state index in [0.29, 0.717) is 5.02 Å². The normalized spacial score (nSPS) is 10.8. The van der Waals surface area contributed by atoms with Gasteiger partial charge in [0.25, 0.3) is 0 Å². The number of benzene rings is 1. The van der Waals surface area contributed by atoms with Gasteiger partial charge in [-0.15, -0.1) is 0 Å². The van der Waals surface area contributed by atoms with Gasteiger partial charge in [-0.3, -0.25) is 0 Å². The second kappa shape index (κ2) is 4.55. The summed E-state index contributed by atoms with van der Waals surface area (Å²) in [5.41, 5.74) is 8.05. The van der Waals surface area contributed by atoms with Crippen LogP contribution in [0.25, 0.3) is 11.0 Å². The summed E-state index contributed by atoms with van der Waals surface area (Å²) < 4.78 is 5.71. The fraction of sp³-hybridized carbons (Fsp3) is 0.250. The fourth-order valence-electron chi connectivity index (χ4n) is 1.88. The number of anilines is 1. The van der Waals surface area contributed by atoms with Crippen LogP contribution in [-0.2, 0) is 6.42 Å². The Balaban J connectivity index is 2.63. The van der Waals surface area contributed by atoms with Crippen molar-refractivity contribution in [2.45, 2.75) is 20.3 Å². The van der Waals surface area contributed by atoms with Gasteiger partial charge in [0.15, 0.2) is 10.7 Å². The average Bonchev–Trinajstić information content (AvgIpc) is 2.56. The Kier molecular flexibility index (Phi) is 3.26. The van der Waals surface area contributed by atoms with E-state index >= 15 is 0 Å². The Morgan fingerprint density at radius 3 is 2.82 bits per heavy atom. The number of nitrogens with two attached hydrogens (primary N) is 1. The van der Waals surface area contributed by atoms with Gasteiger partial charge in [0.05, 0.1) is 5.02 Å². The summed E-state index contributed by atoms with van der Waals surface area (Å²) >= 11 is 11.0. The summed E-state index contributed by atoms with van der Waals surface area (Å²) in [6.45, 7) is 4.07. The number of rotatable bonds is 2. The molecular weight excluding hydrogens is 256 g/mol. The van der Waals surface area contributed by atoms with Crippen LogP contribution in [0.4, 0.5) is 5.69 Å². The molecule has 0 saturated heterocycles. The van der Waals surface area contributed by atoms with E-state index in [9.17, 15) is 0 Å². The van der Waals surface area contributed by atoms with E-state index in [-0.39, 0.29) is 5.11 Å². The summed E-state index contributed by atoms with van der Waals surface area (Å²) in [5.74, 6) is 0.953. The van der Waals surface area contributed by atoms with Crippen LogP contribution in [0.5, 0.6) is 0 Å². The number of thiocarbonyl (C=S) groups is 1. The quantitative estimate of drug-likeness (QED) is 0.817. The minimum absolute atomic E-state index is 0.220. The Morgan fingerprint density at radius 1 is 1.53 bits per heavy atom. The van der Waals surface area contributed by atoms with Crippen molar-refractivity contribution in [2.75, 3.05) is 5.32 Å². The second-order valence-corrected chi connectivity index (χ2v) is 4.67. The summed E-state index contributed by atoms with van der Waals surface area (Å²) in [6, 6.07) is 3.70. The van der Waals surface area contributed by atoms with Crippen molar-refractivity contribution in [1.82, 2.24) is 0 Å². The van der Waals surface area contributed by atoms with Crippen LogP contribution in [0.1, 0.15) is 18.2 Å². The lowest BCUT2D eigenvalue weighted by molar-refractivity contribution is 0.553. The molecule has 2 rings (SSSR count).